The first-order valence-electron chi connectivity index (χ1n) is 47.6. The van der Waals surface area contributed by atoms with Gasteiger partial charge in [0.2, 0.25) is 47.3 Å². The molecular weight excluding hydrogens is 1720 g/mol. The summed E-state index contributed by atoms with van der Waals surface area (Å²) < 4.78 is 0. The summed E-state index contributed by atoms with van der Waals surface area (Å²) in [6, 6.07) is -0.612. The number of hydrogen-bond donors (Lipinski definition) is 19. The molecule has 0 saturated carbocycles. The average Bonchev–Trinajstić information content (AvgIpc) is 0.999. The van der Waals surface area contributed by atoms with E-state index in [0.717, 1.165) is 25.0 Å². The highest BCUT2D eigenvalue weighted by atomic mass is 16.3. The van der Waals surface area contributed by atoms with Crippen LogP contribution in [-0.2, 0) is 92.8 Å². The lowest BCUT2D eigenvalue weighted by atomic mass is 9.87. The minimum Gasteiger partial charge on any atom is -0.508 e. The Labute approximate surface area is 789 Å². The van der Waals surface area contributed by atoms with Gasteiger partial charge in [-0.25, -0.2) is 15.0 Å². The highest BCUT2D eigenvalue weighted by Gasteiger charge is 2.38. The van der Waals surface area contributed by atoms with Crippen molar-refractivity contribution in [1.82, 2.24) is 67.1 Å². The Morgan fingerprint density at radius 1 is 0.388 bits per heavy atom. The number of imidazole rings is 3. The van der Waals surface area contributed by atoms with Crippen molar-refractivity contribution in [3.8, 4) is 5.75 Å². The summed E-state index contributed by atoms with van der Waals surface area (Å²) in [5.41, 5.74) is 41.3. The molecule has 0 aliphatic heterocycles. The Hall–Kier alpha value is -11.8. The molecule has 1 aromatic carbocycles. The zero-order valence-corrected chi connectivity index (χ0v) is 80.8. The van der Waals surface area contributed by atoms with E-state index in [1.807, 2.05) is 55.4 Å². The molecule has 0 aliphatic carbocycles. The van der Waals surface area contributed by atoms with Crippen molar-refractivity contribution in [1.29, 1.82) is 0 Å². The van der Waals surface area contributed by atoms with E-state index in [9.17, 15) is 77.3 Å². The number of aromatic nitrogens is 6. The SMILES string of the molecule is CC(=O)C[C@@H](Cc1ccc(O)cc1)C(=O)N[C@@H](CCCN=C(N)N)C(=O)C[C@@H](Cc1cnc[nH]1)C(=O)N[C@@H](CCCN=C(N)N)C(=O)C[C@@H](CCCN=C(N)N)C(=O)N[C@@H](CC(C)C)C(=O)C[C@@H](CC(C)C)C(=O)N[C@@H](CO)C(N)=O.CCCCCCCCCCCCCCCC(=O)N[C@@H](Cc1cnc[nH]1)C(=O)C[C@@H](C)C(=O)N[C@H](C(=O)C[C@@H](Cc1cnc[nH]1)C(=O)NC(C)C)C(C)C. The minimum atomic E-state index is -1.39. The summed E-state index contributed by atoms with van der Waals surface area (Å²) in [6.07, 6.45) is 25.3. The van der Waals surface area contributed by atoms with Crippen LogP contribution in [0.1, 0.15) is 279 Å². The quantitative estimate of drug-likeness (QED) is 0.0145. The van der Waals surface area contributed by atoms with E-state index in [1.54, 1.807) is 31.5 Å². The topological polar surface area (TPSA) is 669 Å². The summed E-state index contributed by atoms with van der Waals surface area (Å²) in [5, 5.41) is 39.0. The number of nitrogens with zero attached hydrogens (tertiary/aromatic N) is 6. The molecule has 8 amide bonds. The lowest BCUT2D eigenvalue weighted by molar-refractivity contribution is -0.136. The molecule has 4 aromatic rings. The number of carbonyl (C=O) groups excluding carboxylic acids is 14. The maximum atomic E-state index is 14.7. The zero-order valence-electron chi connectivity index (χ0n) is 80.8. The highest BCUT2D eigenvalue weighted by Crippen LogP contribution is 2.26. The monoisotopic (exact) mass is 1880 g/mol. The van der Waals surface area contributed by atoms with Crippen molar-refractivity contribution in [2.75, 3.05) is 26.2 Å². The molecule has 0 bridgehead atoms. The number of Topliss-reactive ketones (excluding diaryl/α,β-unsaturated/α-hetero) is 6. The number of phenols is 1. The number of primary amides is 1. The zero-order chi connectivity index (χ0) is 99.8. The van der Waals surface area contributed by atoms with E-state index in [0.29, 0.717) is 29.8 Å². The normalized spacial score (nSPS) is 14.0. The number of phenolic OH excluding ortho intramolecular Hbond substituents is 1. The summed E-state index contributed by atoms with van der Waals surface area (Å²) in [7, 11) is 0. The maximum absolute atomic E-state index is 14.7. The van der Waals surface area contributed by atoms with Gasteiger partial charge < -0.3 is 107 Å². The van der Waals surface area contributed by atoms with E-state index in [-0.39, 0.29) is 193 Å². The number of amides is 8. The number of aliphatic imine (C=N–C) groups is 3. The third kappa shape index (κ3) is 49.8. The van der Waals surface area contributed by atoms with Gasteiger partial charge in [0.25, 0.3) is 0 Å². The van der Waals surface area contributed by atoms with Gasteiger partial charge >= 0.3 is 0 Å². The van der Waals surface area contributed by atoms with Crippen LogP contribution in [0, 0.1) is 53.3 Å². The second-order valence-electron chi connectivity index (χ2n) is 36.8. The standard InChI is InChI=1S/C54H88N16O11.C41H69N7O5/c1-30(2)19-35(49(79)70-43(28-71)47(55)77)25-46(76)42(20-31(3)4)69-48(78)34(9-6-16-63-52(56)57)24-44(74)40(10-7-17-64-53(58)59)68-51(81)37(23-38-27-62-29-66-38)26-45(75)41(11-8-18-65-54(60)61)67-50(80)36(21-32(5)72)22-33-12-14-39(73)15-13-33;1-7-8-9-10-11-12-13-14-15-16-17-18-19-20-38(51)47-35(24-34-26-43-28-45-34)36(49)21-31(6)40(52)48-39(29(2)3)37(50)23-32(41(53)46-30(4)5)22-33-25-42-27-44-33/h12-15,27,29-31,34-37,40-43,71,73H,6-11,16-26,28H2,1-5H3,(H2,55,77)(H,62,66)(H,67,80)(H,68,81)(H,69,78)(H,70,79)(H4,56,57,63)(H4,58,59,64)(H4,60,61,65);25-32,35,39H,7-24H2,1-6H3,(H,42,44)(H,43,45)(H,46,53)(H,47,51)(H,48,52)/t34-,35-,36+,37-,40+,41+,42+,43+;31-,32-,35+,39+/m11/s1. The number of aliphatic hydroxyl groups excluding tert-OH is 1. The number of carbonyl (C=O) groups is 14. The van der Waals surface area contributed by atoms with Crippen molar-refractivity contribution in [2.24, 2.45) is 108 Å². The summed E-state index contributed by atoms with van der Waals surface area (Å²) >= 11 is 0. The van der Waals surface area contributed by atoms with Gasteiger partial charge in [0.05, 0.1) is 67.6 Å². The van der Waals surface area contributed by atoms with Gasteiger partial charge in [0.1, 0.15) is 17.6 Å². The number of rotatable bonds is 71. The Morgan fingerprint density at radius 3 is 1.20 bits per heavy atom. The molecule has 0 aliphatic rings. The van der Waals surface area contributed by atoms with Gasteiger partial charge in [-0.3, -0.25) is 77.3 Å². The third-order valence-electron chi connectivity index (χ3n) is 22.9. The Balaban J connectivity index is 0.000000753. The fraction of sp³-hybridized carbons (Fsp3) is 0.663. The van der Waals surface area contributed by atoms with Crippen LogP contribution >= 0.6 is 0 Å². The van der Waals surface area contributed by atoms with Crippen LogP contribution in [0.25, 0.3) is 0 Å². The summed E-state index contributed by atoms with van der Waals surface area (Å²) in [4.78, 5) is 224. The summed E-state index contributed by atoms with van der Waals surface area (Å²) in [6.45, 7) is 19.4. The first-order valence-corrected chi connectivity index (χ1v) is 47.6. The van der Waals surface area contributed by atoms with Gasteiger partial charge in [-0.2, -0.15) is 0 Å². The van der Waals surface area contributed by atoms with Gasteiger partial charge in [-0.15, -0.1) is 0 Å². The van der Waals surface area contributed by atoms with Crippen LogP contribution in [0.15, 0.2) is 76.8 Å². The molecule has 748 valence electrons. The maximum Gasteiger partial charge on any atom is 0.242 e. The number of guanidine groups is 3. The highest BCUT2D eigenvalue weighted by molar-refractivity contribution is 5.99. The number of aromatic amines is 3. The number of H-pyrrole nitrogens is 3. The van der Waals surface area contributed by atoms with Crippen LogP contribution in [-0.4, -0.2) is 208 Å². The molecular formula is C95H157N23O16. The number of ketones is 6. The lowest BCUT2D eigenvalue weighted by Crippen LogP contribution is -2.50. The molecule has 134 heavy (non-hydrogen) atoms. The largest absolute Gasteiger partial charge is 0.508 e. The minimum absolute atomic E-state index is 0.00833. The molecule has 3 aromatic heterocycles. The number of benzene rings is 1. The van der Waals surface area contributed by atoms with Crippen molar-refractivity contribution in [2.45, 2.75) is 324 Å². The molecule has 0 unspecified atom stereocenters. The van der Waals surface area contributed by atoms with E-state index in [1.165, 1.54) is 108 Å². The van der Waals surface area contributed by atoms with Crippen LogP contribution in [0.5, 0.6) is 5.75 Å². The van der Waals surface area contributed by atoms with Crippen LogP contribution in [0.4, 0.5) is 0 Å². The van der Waals surface area contributed by atoms with Crippen molar-refractivity contribution in [3.05, 3.63) is 84.5 Å². The van der Waals surface area contributed by atoms with E-state index in [4.69, 9.17) is 40.1 Å². The first kappa shape index (κ1) is 116. The third-order valence-corrected chi connectivity index (χ3v) is 22.9. The number of aromatic hydroxyl groups is 1. The molecule has 12 atom stereocenters. The molecule has 0 spiro atoms. The second kappa shape index (κ2) is 64.9. The number of unbranched alkanes of at least 4 members (excludes halogenated alkanes) is 12. The fourth-order valence-electron chi connectivity index (χ4n) is 15.6. The van der Waals surface area contributed by atoms with Crippen molar-refractivity contribution < 1.29 is 77.3 Å². The van der Waals surface area contributed by atoms with E-state index < -0.39 is 144 Å². The Bertz CT molecular complexity index is 4290. The van der Waals surface area contributed by atoms with E-state index >= 15 is 0 Å². The van der Waals surface area contributed by atoms with Crippen molar-refractivity contribution in [3.63, 3.8) is 0 Å². The number of nitrogens with two attached hydrogens (primary N) is 7. The second-order valence-corrected chi connectivity index (χ2v) is 36.8. The molecule has 39 nitrogen and oxygen atoms in total. The number of nitrogens with one attached hydrogen (secondary N) is 10. The van der Waals surface area contributed by atoms with Gasteiger partial charge in [-0.05, 0) is 120 Å². The van der Waals surface area contributed by atoms with Crippen LogP contribution in [0.3, 0.4) is 0 Å². The van der Waals surface area contributed by atoms with Gasteiger partial charge in [0, 0.05) is 149 Å². The predicted octanol–water partition coefficient (Wildman–Crippen LogP) is 5.61. The Morgan fingerprint density at radius 2 is 0.776 bits per heavy atom. The fourth-order valence-corrected chi connectivity index (χ4v) is 15.6. The number of hydrogen-bond acceptors (Lipinski definition) is 22. The molecule has 0 radical (unpaired) electrons. The Kier molecular flexibility index (Phi) is 56.4. The van der Waals surface area contributed by atoms with Gasteiger partial charge in [-0.1, -0.05) is 145 Å². The molecule has 3 heterocycles. The summed E-state index contributed by atoms with van der Waals surface area (Å²) in [5.74, 6) is -13.6. The lowest BCUT2D eigenvalue weighted by Gasteiger charge is -2.27. The van der Waals surface area contributed by atoms with Gasteiger partial charge in [0.15, 0.2) is 46.8 Å². The average molecular weight is 1880 g/mol. The molecule has 39 heteroatoms. The molecule has 0 fully saturated rings. The first-order chi connectivity index (χ1) is 63.6. The molecule has 4 rings (SSSR count). The number of aliphatic hydroxyl groups is 1. The van der Waals surface area contributed by atoms with Crippen LogP contribution < -0.4 is 77.4 Å². The molecule has 0 saturated heterocycles. The van der Waals surface area contributed by atoms with E-state index in [2.05, 4.69) is 89.0 Å². The molecule has 26 N–H and O–H groups in total. The van der Waals surface area contributed by atoms with Crippen LogP contribution in [0.2, 0.25) is 0 Å². The van der Waals surface area contributed by atoms with Crippen molar-refractivity contribution >= 4 is 99.8 Å². The predicted molar refractivity (Wildman–Crippen MR) is 514 cm³/mol. The smallest absolute Gasteiger partial charge is 0.242 e.